The van der Waals surface area contributed by atoms with Crippen LogP contribution < -0.4 is 4.74 Å². The molecule has 0 fully saturated rings. The van der Waals surface area contributed by atoms with E-state index in [1.54, 1.807) is 6.07 Å². The number of nitrogens with zero attached hydrogens (tertiary/aromatic N) is 2. The van der Waals surface area contributed by atoms with E-state index in [4.69, 9.17) is 16.3 Å². The summed E-state index contributed by atoms with van der Waals surface area (Å²) in [5.41, 5.74) is 2.80. The fraction of sp³-hybridized carbons (Fsp3) is 0.250. The highest BCUT2D eigenvalue weighted by atomic mass is 35.5. The molecule has 4 rings (SSSR count). The zero-order chi connectivity index (χ0) is 18.1. The van der Waals surface area contributed by atoms with E-state index in [-0.39, 0.29) is 5.82 Å². The van der Waals surface area contributed by atoms with Crippen molar-refractivity contribution in [2.24, 2.45) is 0 Å². The van der Waals surface area contributed by atoms with Gasteiger partial charge < -0.3 is 14.1 Å². The molecule has 1 aliphatic rings. The van der Waals surface area contributed by atoms with Gasteiger partial charge in [0.05, 0.1) is 10.5 Å². The van der Waals surface area contributed by atoms with Gasteiger partial charge >= 0.3 is 0 Å². The van der Waals surface area contributed by atoms with E-state index in [0.717, 1.165) is 35.0 Å². The van der Waals surface area contributed by atoms with Crippen LogP contribution in [0.5, 0.6) is 5.75 Å². The van der Waals surface area contributed by atoms with Crippen molar-refractivity contribution in [2.45, 2.75) is 13.0 Å². The SMILES string of the molecule is O=CCCN1CCOc2c(Cl)cc(-n3ccc4cc(F)ccc43)cc2C1. The van der Waals surface area contributed by atoms with Crippen molar-refractivity contribution >= 4 is 28.8 Å². The Labute approximate surface area is 155 Å². The lowest BCUT2D eigenvalue weighted by Crippen LogP contribution is -2.27. The number of benzene rings is 2. The molecule has 6 heteroatoms. The minimum atomic E-state index is -0.255. The van der Waals surface area contributed by atoms with Crippen LogP contribution in [0.4, 0.5) is 4.39 Å². The second-order valence-corrected chi connectivity index (χ2v) is 6.79. The fourth-order valence-corrected chi connectivity index (χ4v) is 3.70. The molecule has 0 bridgehead atoms. The third-order valence-corrected chi connectivity index (χ3v) is 4.93. The number of carbonyl (C=O) groups excluding carboxylic acids is 1. The van der Waals surface area contributed by atoms with Gasteiger partial charge in [0, 0.05) is 48.9 Å². The number of ether oxygens (including phenoxy) is 1. The fourth-order valence-electron chi connectivity index (χ4n) is 3.41. The molecule has 26 heavy (non-hydrogen) atoms. The van der Waals surface area contributed by atoms with E-state index in [9.17, 15) is 9.18 Å². The molecule has 0 saturated heterocycles. The number of hydrogen-bond donors (Lipinski definition) is 0. The molecule has 0 saturated carbocycles. The summed E-state index contributed by atoms with van der Waals surface area (Å²) in [6.45, 7) is 2.65. The number of carbonyl (C=O) groups is 1. The van der Waals surface area contributed by atoms with Crippen molar-refractivity contribution in [3.8, 4) is 11.4 Å². The molecule has 3 aromatic rings. The first-order valence-electron chi connectivity index (χ1n) is 8.54. The smallest absolute Gasteiger partial charge is 0.142 e. The van der Waals surface area contributed by atoms with Gasteiger partial charge in [-0.25, -0.2) is 4.39 Å². The lowest BCUT2D eigenvalue weighted by Gasteiger charge is -2.18. The molecule has 4 nitrogen and oxygen atoms in total. The van der Waals surface area contributed by atoms with Crippen molar-refractivity contribution in [2.75, 3.05) is 19.7 Å². The summed E-state index contributed by atoms with van der Waals surface area (Å²) in [5.74, 6) is 0.445. The molecule has 0 radical (unpaired) electrons. The Morgan fingerprint density at radius 1 is 1.23 bits per heavy atom. The second kappa shape index (κ2) is 7.09. The number of fused-ring (bicyclic) bond motifs is 2. The zero-order valence-corrected chi connectivity index (χ0v) is 14.9. The second-order valence-electron chi connectivity index (χ2n) is 6.38. The van der Waals surface area contributed by atoms with Crippen LogP contribution in [-0.4, -0.2) is 35.4 Å². The minimum Gasteiger partial charge on any atom is -0.490 e. The highest BCUT2D eigenvalue weighted by Crippen LogP contribution is 2.35. The molecular weight excluding hydrogens is 355 g/mol. The molecule has 0 amide bonds. The Morgan fingerprint density at radius 2 is 2.12 bits per heavy atom. The van der Waals surface area contributed by atoms with Crippen LogP contribution in [0.2, 0.25) is 5.02 Å². The number of rotatable bonds is 4. The average Bonchev–Trinajstić information content (AvgIpc) is 2.92. The normalized spacial score (nSPS) is 14.7. The number of aromatic nitrogens is 1. The Kier molecular flexibility index (Phi) is 4.66. The van der Waals surface area contributed by atoms with Crippen LogP contribution in [0, 0.1) is 5.82 Å². The average molecular weight is 373 g/mol. The predicted octanol–water partition coefficient (Wildman–Crippen LogP) is 4.21. The van der Waals surface area contributed by atoms with Gasteiger partial charge in [-0.15, -0.1) is 0 Å². The standard InChI is InChI=1S/C20H18ClFN2O2/c21-18-12-17(24-6-4-14-10-16(22)2-3-19(14)24)11-15-13-23(5-1-8-25)7-9-26-20(15)18/h2-4,6,8,10-12H,1,5,7,9,13H2. The van der Waals surface area contributed by atoms with Crippen molar-refractivity contribution in [1.82, 2.24) is 9.47 Å². The third-order valence-electron chi connectivity index (χ3n) is 4.65. The molecule has 0 aliphatic carbocycles. The van der Waals surface area contributed by atoms with E-state index in [1.807, 2.05) is 29.0 Å². The summed E-state index contributed by atoms with van der Waals surface area (Å²) in [5, 5.41) is 1.39. The van der Waals surface area contributed by atoms with E-state index in [1.165, 1.54) is 12.1 Å². The molecule has 0 unspecified atom stereocenters. The van der Waals surface area contributed by atoms with Crippen LogP contribution in [0.25, 0.3) is 16.6 Å². The van der Waals surface area contributed by atoms with Crippen molar-refractivity contribution in [3.05, 3.63) is 59.0 Å². The Balaban J connectivity index is 1.75. The highest BCUT2D eigenvalue weighted by molar-refractivity contribution is 6.32. The lowest BCUT2D eigenvalue weighted by atomic mass is 10.1. The number of halogens is 2. The molecule has 1 aromatic heterocycles. The van der Waals surface area contributed by atoms with E-state index < -0.39 is 0 Å². The predicted molar refractivity (Wildman–Crippen MR) is 99.7 cm³/mol. The summed E-state index contributed by atoms with van der Waals surface area (Å²) in [4.78, 5) is 12.9. The quantitative estimate of drug-likeness (QED) is 0.643. The summed E-state index contributed by atoms with van der Waals surface area (Å²) < 4.78 is 21.3. The summed E-state index contributed by atoms with van der Waals surface area (Å²) in [6, 6.07) is 10.5. The van der Waals surface area contributed by atoms with Gasteiger partial charge in [-0.2, -0.15) is 0 Å². The molecule has 2 heterocycles. The highest BCUT2D eigenvalue weighted by Gasteiger charge is 2.19. The van der Waals surface area contributed by atoms with Gasteiger partial charge in [0.15, 0.2) is 0 Å². The lowest BCUT2D eigenvalue weighted by molar-refractivity contribution is -0.108. The van der Waals surface area contributed by atoms with E-state index in [0.29, 0.717) is 36.9 Å². The van der Waals surface area contributed by atoms with Gasteiger partial charge in [0.2, 0.25) is 0 Å². The number of aldehydes is 1. The van der Waals surface area contributed by atoms with Crippen LogP contribution in [0.15, 0.2) is 42.6 Å². The first kappa shape index (κ1) is 17.1. The molecule has 134 valence electrons. The van der Waals surface area contributed by atoms with Crippen LogP contribution in [-0.2, 0) is 11.3 Å². The maximum atomic E-state index is 13.5. The molecule has 1 aliphatic heterocycles. The molecular formula is C20H18ClFN2O2. The Hall–Kier alpha value is -2.37. The monoisotopic (exact) mass is 372 g/mol. The van der Waals surface area contributed by atoms with Gasteiger partial charge in [-0.3, -0.25) is 4.90 Å². The van der Waals surface area contributed by atoms with Gasteiger partial charge in [-0.1, -0.05) is 11.6 Å². The van der Waals surface area contributed by atoms with Gasteiger partial charge in [0.25, 0.3) is 0 Å². The Morgan fingerprint density at radius 3 is 2.96 bits per heavy atom. The van der Waals surface area contributed by atoms with Crippen molar-refractivity contribution < 1.29 is 13.9 Å². The summed E-state index contributed by atoms with van der Waals surface area (Å²) >= 11 is 6.49. The maximum Gasteiger partial charge on any atom is 0.142 e. The largest absolute Gasteiger partial charge is 0.490 e. The van der Waals surface area contributed by atoms with Crippen molar-refractivity contribution in [1.29, 1.82) is 0 Å². The first-order chi connectivity index (χ1) is 12.7. The molecule has 2 aromatic carbocycles. The van der Waals surface area contributed by atoms with Crippen LogP contribution >= 0.6 is 11.6 Å². The Bertz CT molecular complexity index is 970. The van der Waals surface area contributed by atoms with Gasteiger partial charge in [0.1, 0.15) is 24.5 Å². The van der Waals surface area contributed by atoms with E-state index >= 15 is 0 Å². The third kappa shape index (κ3) is 3.20. The molecule has 0 spiro atoms. The minimum absolute atomic E-state index is 0.255. The molecule has 0 atom stereocenters. The summed E-state index contributed by atoms with van der Waals surface area (Å²) in [6.07, 6.45) is 3.33. The van der Waals surface area contributed by atoms with Crippen LogP contribution in [0.3, 0.4) is 0 Å². The summed E-state index contributed by atoms with van der Waals surface area (Å²) in [7, 11) is 0. The van der Waals surface area contributed by atoms with E-state index in [2.05, 4.69) is 4.90 Å². The zero-order valence-electron chi connectivity index (χ0n) is 14.1. The van der Waals surface area contributed by atoms with Crippen molar-refractivity contribution in [3.63, 3.8) is 0 Å². The maximum absolute atomic E-state index is 13.5. The molecule has 0 N–H and O–H groups in total. The van der Waals surface area contributed by atoms with Crippen LogP contribution in [0.1, 0.15) is 12.0 Å². The van der Waals surface area contributed by atoms with Gasteiger partial charge in [-0.05, 0) is 36.4 Å². The first-order valence-corrected chi connectivity index (χ1v) is 8.92. The number of hydrogen-bond acceptors (Lipinski definition) is 3. The topological polar surface area (TPSA) is 34.5 Å².